The molecule has 2 aromatic carbocycles. The molecule has 1 aromatic heterocycles. The zero-order valence-electron chi connectivity index (χ0n) is 11.8. The molecular weight excluding hydrogens is 338 g/mol. The van der Waals surface area contributed by atoms with Crippen molar-refractivity contribution >= 4 is 44.2 Å². The van der Waals surface area contributed by atoms with Gasteiger partial charge in [-0.05, 0) is 41.3 Å². The molecule has 0 saturated carbocycles. The van der Waals surface area contributed by atoms with Gasteiger partial charge in [-0.25, -0.2) is 0 Å². The average molecular weight is 352 g/mol. The number of pyridine rings is 1. The van der Waals surface area contributed by atoms with Crippen molar-refractivity contribution in [2.45, 2.75) is 6.54 Å². The van der Waals surface area contributed by atoms with Crippen molar-refractivity contribution in [3.8, 4) is 0 Å². The normalized spacial score (nSPS) is 13.4. The Morgan fingerprint density at radius 3 is 2.86 bits per heavy atom. The molecule has 0 radical (unpaired) electrons. The Morgan fingerprint density at radius 2 is 2.05 bits per heavy atom. The molecule has 0 bridgehead atoms. The highest BCUT2D eigenvalue weighted by Gasteiger charge is 2.17. The number of nitrogens with two attached hydrogens (primary N) is 1. The molecule has 0 saturated heterocycles. The monoisotopic (exact) mass is 351 g/mol. The van der Waals surface area contributed by atoms with Gasteiger partial charge in [0.15, 0.2) is 0 Å². The van der Waals surface area contributed by atoms with Gasteiger partial charge in [0.05, 0.1) is 11.9 Å². The molecule has 0 spiro atoms. The van der Waals surface area contributed by atoms with Gasteiger partial charge in [0.2, 0.25) is 0 Å². The summed E-state index contributed by atoms with van der Waals surface area (Å²) >= 11 is 3.62. The molecule has 0 unspecified atom stereocenters. The number of benzene rings is 2. The van der Waals surface area contributed by atoms with Crippen molar-refractivity contribution < 1.29 is 0 Å². The van der Waals surface area contributed by atoms with Gasteiger partial charge in [0.1, 0.15) is 0 Å². The number of nitrogen functional groups attached to an aromatic ring is 1. The number of hydrogen-bond donors (Lipinski definition) is 1. The summed E-state index contributed by atoms with van der Waals surface area (Å²) in [7, 11) is 0. The Bertz CT molecular complexity index is 888. The van der Waals surface area contributed by atoms with Crippen LogP contribution in [-0.4, -0.2) is 4.98 Å². The quantitative estimate of drug-likeness (QED) is 0.653. The number of aromatic nitrogens is 1. The number of hydrogen-bond acceptors (Lipinski definition) is 3. The second kappa shape index (κ2) is 5.14. The highest BCUT2D eigenvalue weighted by atomic mass is 79.9. The van der Waals surface area contributed by atoms with Crippen LogP contribution in [0.5, 0.6) is 0 Å². The maximum absolute atomic E-state index is 6.39. The van der Waals surface area contributed by atoms with E-state index >= 15 is 0 Å². The lowest BCUT2D eigenvalue weighted by atomic mass is 9.96. The third-order valence-corrected chi connectivity index (χ3v) is 4.73. The van der Waals surface area contributed by atoms with Crippen molar-refractivity contribution in [2.24, 2.45) is 0 Å². The van der Waals surface area contributed by atoms with Gasteiger partial charge >= 0.3 is 0 Å². The van der Waals surface area contributed by atoms with Crippen molar-refractivity contribution in [2.75, 3.05) is 10.6 Å². The highest BCUT2D eigenvalue weighted by Crippen LogP contribution is 2.36. The van der Waals surface area contributed by atoms with Crippen molar-refractivity contribution in [3.05, 3.63) is 70.6 Å². The zero-order chi connectivity index (χ0) is 15.1. The first-order valence-electron chi connectivity index (χ1n) is 7.08. The fraction of sp³-hybridized carbons (Fsp3) is 0.0556. The van der Waals surface area contributed by atoms with Crippen molar-refractivity contribution in [3.63, 3.8) is 0 Å². The van der Waals surface area contributed by atoms with Crippen LogP contribution in [0.25, 0.3) is 16.8 Å². The average Bonchev–Trinajstić information content (AvgIpc) is 2.56. The summed E-state index contributed by atoms with van der Waals surface area (Å²) in [5.74, 6) is 0. The lowest BCUT2D eigenvalue weighted by Gasteiger charge is -2.26. The third kappa shape index (κ3) is 2.07. The molecule has 0 amide bonds. The molecule has 3 nitrogen and oxygen atoms in total. The van der Waals surface area contributed by atoms with Crippen LogP contribution in [0.1, 0.15) is 11.1 Å². The molecule has 0 aliphatic carbocycles. The van der Waals surface area contributed by atoms with E-state index in [1.54, 1.807) is 6.20 Å². The van der Waals surface area contributed by atoms with E-state index in [1.807, 2.05) is 24.4 Å². The first-order valence-corrected chi connectivity index (χ1v) is 7.88. The maximum atomic E-state index is 6.39. The van der Waals surface area contributed by atoms with Crippen LogP contribution < -0.4 is 10.6 Å². The molecule has 2 heterocycles. The van der Waals surface area contributed by atoms with Crippen molar-refractivity contribution in [1.29, 1.82) is 0 Å². The molecule has 0 fully saturated rings. The number of rotatable bonds is 1. The summed E-state index contributed by atoms with van der Waals surface area (Å²) in [5, 5.41) is 2.24. The van der Waals surface area contributed by atoms with E-state index in [0.717, 1.165) is 38.7 Å². The predicted octanol–water partition coefficient (Wildman–Crippen LogP) is 4.57. The summed E-state index contributed by atoms with van der Waals surface area (Å²) in [6, 6.07) is 12.4. The Morgan fingerprint density at radius 1 is 1.14 bits per heavy atom. The third-order valence-electron chi connectivity index (χ3n) is 4.04. The van der Waals surface area contributed by atoms with Crippen molar-refractivity contribution in [1.82, 2.24) is 4.98 Å². The minimum atomic E-state index is 0.791. The number of halogens is 1. The first-order chi connectivity index (χ1) is 10.7. The fourth-order valence-electron chi connectivity index (χ4n) is 2.92. The predicted molar refractivity (Wildman–Crippen MR) is 95.5 cm³/mol. The van der Waals surface area contributed by atoms with E-state index in [0.29, 0.717) is 0 Å². The molecule has 4 heteroatoms. The van der Waals surface area contributed by atoms with Gasteiger partial charge < -0.3 is 10.6 Å². The van der Waals surface area contributed by atoms with Gasteiger partial charge in [-0.2, -0.15) is 0 Å². The Hall–Kier alpha value is -2.33. The number of fused-ring (bicyclic) bond motifs is 2. The van der Waals surface area contributed by atoms with Crippen LogP contribution >= 0.6 is 15.9 Å². The molecule has 108 valence electrons. The number of nitrogens with zero attached hydrogens (tertiary/aromatic N) is 2. The summed E-state index contributed by atoms with van der Waals surface area (Å²) in [4.78, 5) is 6.37. The van der Waals surface area contributed by atoms with E-state index in [9.17, 15) is 0 Å². The Labute approximate surface area is 137 Å². The van der Waals surface area contributed by atoms with Gasteiger partial charge in [-0.1, -0.05) is 28.1 Å². The first kappa shape index (κ1) is 13.3. The molecule has 1 aliphatic heterocycles. The van der Waals surface area contributed by atoms with E-state index in [1.165, 1.54) is 5.56 Å². The zero-order valence-corrected chi connectivity index (χ0v) is 13.4. The second-order valence-electron chi connectivity index (χ2n) is 5.35. The van der Waals surface area contributed by atoms with Crippen LogP contribution in [0.3, 0.4) is 0 Å². The minimum absolute atomic E-state index is 0.791. The lowest BCUT2D eigenvalue weighted by molar-refractivity contribution is 0.951. The summed E-state index contributed by atoms with van der Waals surface area (Å²) in [5.41, 5.74) is 10.7. The molecule has 22 heavy (non-hydrogen) atoms. The molecule has 2 N–H and O–H groups in total. The molecule has 0 atom stereocenters. The van der Waals surface area contributed by atoms with Crippen LogP contribution in [-0.2, 0) is 6.54 Å². The maximum Gasteiger partial charge on any atom is 0.0595 e. The smallest absolute Gasteiger partial charge is 0.0595 e. The highest BCUT2D eigenvalue weighted by molar-refractivity contribution is 9.10. The molecular formula is C18H14BrN3. The minimum Gasteiger partial charge on any atom is -0.398 e. The second-order valence-corrected chi connectivity index (χ2v) is 6.21. The molecule has 1 aliphatic rings. The van der Waals surface area contributed by atoms with E-state index in [-0.39, 0.29) is 0 Å². The van der Waals surface area contributed by atoms with Gasteiger partial charge in [0, 0.05) is 40.1 Å². The summed E-state index contributed by atoms with van der Waals surface area (Å²) in [6.45, 7) is 0.791. The largest absolute Gasteiger partial charge is 0.398 e. The van der Waals surface area contributed by atoms with Gasteiger partial charge in [-0.3, -0.25) is 4.98 Å². The van der Waals surface area contributed by atoms with Crippen LogP contribution in [0.2, 0.25) is 0 Å². The number of anilines is 2. The Kier molecular flexibility index (Phi) is 3.12. The van der Waals surface area contributed by atoms with E-state index < -0.39 is 0 Å². The molecule has 4 rings (SSSR count). The summed E-state index contributed by atoms with van der Waals surface area (Å²) < 4.78 is 1.07. The Balaban J connectivity index is 1.86. The van der Waals surface area contributed by atoms with Gasteiger partial charge in [-0.15, -0.1) is 0 Å². The fourth-order valence-corrected chi connectivity index (χ4v) is 3.40. The van der Waals surface area contributed by atoms with Gasteiger partial charge in [0.25, 0.3) is 0 Å². The van der Waals surface area contributed by atoms with Crippen LogP contribution in [0.4, 0.5) is 11.4 Å². The van der Waals surface area contributed by atoms with Crippen LogP contribution in [0, 0.1) is 0 Å². The van der Waals surface area contributed by atoms with E-state index in [4.69, 9.17) is 5.73 Å². The summed E-state index contributed by atoms with van der Waals surface area (Å²) in [6.07, 6.45) is 7.81. The lowest BCUT2D eigenvalue weighted by Crippen LogP contribution is -2.19. The topological polar surface area (TPSA) is 42.1 Å². The molecule has 3 aromatic rings. The SMILES string of the molecule is Nc1c2c(cc3c(Br)cccc13)CN(c1cccnc1)C=C2. The standard InChI is InChI=1S/C18H14BrN3/c19-17-5-1-4-15-16(17)9-12-11-22(8-6-14(12)18(15)20)13-3-2-7-21-10-13/h1-10H,11,20H2. The van der Waals surface area contributed by atoms with E-state index in [2.05, 4.69) is 56.3 Å². The van der Waals surface area contributed by atoms with Crippen LogP contribution in [0.15, 0.2) is 59.5 Å².